The van der Waals surface area contributed by atoms with E-state index in [1.54, 1.807) is 0 Å². The quantitative estimate of drug-likeness (QED) is 0.843. The molecule has 1 aromatic carbocycles. The minimum atomic E-state index is 0.906. The van der Waals surface area contributed by atoms with E-state index >= 15 is 0 Å². The maximum atomic E-state index is 7.26. The second-order valence-electron chi connectivity index (χ2n) is 4.11. The normalized spacial score (nSPS) is 14.9. The molecular formula is C14H17N3. The Morgan fingerprint density at radius 2 is 1.65 bits per heavy atom. The first-order valence-electron chi connectivity index (χ1n) is 5.89. The zero-order chi connectivity index (χ0) is 12.3. The molecule has 0 spiro atoms. The summed E-state index contributed by atoms with van der Waals surface area (Å²) in [4.78, 5) is 0. The van der Waals surface area contributed by atoms with E-state index in [9.17, 15) is 0 Å². The summed E-state index contributed by atoms with van der Waals surface area (Å²) in [6.07, 6.45) is 3.95. The second kappa shape index (κ2) is 8.33. The van der Waals surface area contributed by atoms with Gasteiger partial charge in [0.05, 0.1) is 0 Å². The largest absolute Gasteiger partial charge is 0.317 e. The first kappa shape index (κ1) is 13.2. The standard InChI is InChI=1S/C12H17N.C2N2/c1-2-4-11(5-3-1)10-12-6-8-13-9-7-12;3-1-2-4/h1-5,12-13H,6-10H2;. The summed E-state index contributed by atoms with van der Waals surface area (Å²) in [5.41, 5.74) is 1.49. The van der Waals surface area contributed by atoms with Crippen LogP contribution in [0, 0.1) is 28.6 Å². The van der Waals surface area contributed by atoms with E-state index in [1.807, 2.05) is 0 Å². The molecule has 0 unspecified atom stereocenters. The molecule has 3 heteroatoms. The number of piperidine rings is 1. The molecule has 1 heterocycles. The van der Waals surface area contributed by atoms with Gasteiger partial charge in [-0.05, 0) is 43.8 Å². The van der Waals surface area contributed by atoms with E-state index in [0.29, 0.717) is 0 Å². The van der Waals surface area contributed by atoms with Crippen LogP contribution >= 0.6 is 0 Å². The fourth-order valence-corrected chi connectivity index (χ4v) is 2.03. The van der Waals surface area contributed by atoms with Gasteiger partial charge in [-0.2, -0.15) is 10.5 Å². The lowest BCUT2D eigenvalue weighted by atomic mass is 9.91. The van der Waals surface area contributed by atoms with Gasteiger partial charge in [-0.15, -0.1) is 0 Å². The van der Waals surface area contributed by atoms with Crippen LogP contribution in [0.5, 0.6) is 0 Å². The molecule has 1 saturated heterocycles. The molecular weight excluding hydrogens is 210 g/mol. The van der Waals surface area contributed by atoms with Crippen LogP contribution in [0.15, 0.2) is 30.3 Å². The monoisotopic (exact) mass is 227 g/mol. The van der Waals surface area contributed by atoms with Gasteiger partial charge in [-0.25, -0.2) is 0 Å². The highest BCUT2D eigenvalue weighted by Gasteiger charge is 2.12. The summed E-state index contributed by atoms with van der Waals surface area (Å²) in [5.74, 6) is 0.906. The van der Waals surface area contributed by atoms with Crippen LogP contribution in [0.4, 0.5) is 0 Å². The first-order chi connectivity index (χ1) is 8.36. The maximum absolute atomic E-state index is 7.26. The molecule has 1 aliphatic heterocycles. The summed E-state index contributed by atoms with van der Waals surface area (Å²) in [6.45, 7) is 2.41. The number of nitrogens with one attached hydrogen (secondary N) is 1. The smallest absolute Gasteiger partial charge is 0.181 e. The Labute approximate surface area is 103 Å². The Morgan fingerprint density at radius 1 is 1.06 bits per heavy atom. The number of nitrogens with zero attached hydrogens (tertiary/aromatic N) is 2. The van der Waals surface area contributed by atoms with Gasteiger partial charge >= 0.3 is 0 Å². The second-order valence-corrected chi connectivity index (χ2v) is 4.11. The Morgan fingerprint density at radius 3 is 2.18 bits per heavy atom. The number of hydrogen-bond acceptors (Lipinski definition) is 3. The summed E-state index contributed by atoms with van der Waals surface area (Å²) in [5, 5.41) is 17.9. The van der Waals surface area contributed by atoms with E-state index in [-0.39, 0.29) is 0 Å². The van der Waals surface area contributed by atoms with E-state index in [0.717, 1.165) is 5.92 Å². The van der Waals surface area contributed by atoms with Gasteiger partial charge < -0.3 is 5.32 Å². The zero-order valence-corrected chi connectivity index (χ0v) is 9.89. The highest BCUT2D eigenvalue weighted by Crippen LogP contribution is 2.17. The van der Waals surface area contributed by atoms with Crippen molar-refractivity contribution in [3.05, 3.63) is 35.9 Å². The van der Waals surface area contributed by atoms with Crippen molar-refractivity contribution in [1.82, 2.24) is 5.32 Å². The van der Waals surface area contributed by atoms with Crippen molar-refractivity contribution in [3.8, 4) is 12.1 Å². The van der Waals surface area contributed by atoms with E-state index < -0.39 is 0 Å². The van der Waals surface area contributed by atoms with Crippen LogP contribution in [-0.2, 0) is 6.42 Å². The Hall–Kier alpha value is -1.84. The molecule has 2 rings (SSSR count). The minimum Gasteiger partial charge on any atom is -0.317 e. The van der Waals surface area contributed by atoms with Crippen molar-refractivity contribution in [1.29, 1.82) is 10.5 Å². The summed E-state index contributed by atoms with van der Waals surface area (Å²) in [7, 11) is 0. The van der Waals surface area contributed by atoms with Crippen molar-refractivity contribution in [2.75, 3.05) is 13.1 Å². The number of benzene rings is 1. The van der Waals surface area contributed by atoms with Crippen molar-refractivity contribution in [2.45, 2.75) is 19.3 Å². The predicted octanol–water partition coefficient (Wildman–Crippen LogP) is 2.26. The number of hydrogen-bond donors (Lipinski definition) is 1. The van der Waals surface area contributed by atoms with Crippen molar-refractivity contribution >= 4 is 0 Å². The molecule has 17 heavy (non-hydrogen) atoms. The van der Waals surface area contributed by atoms with Gasteiger partial charge in [0.15, 0.2) is 12.1 Å². The lowest BCUT2D eigenvalue weighted by Gasteiger charge is -2.22. The lowest BCUT2D eigenvalue weighted by Crippen LogP contribution is -2.28. The van der Waals surface area contributed by atoms with Gasteiger partial charge in [0.1, 0.15) is 0 Å². The van der Waals surface area contributed by atoms with Crippen molar-refractivity contribution in [3.63, 3.8) is 0 Å². The molecule has 0 radical (unpaired) electrons. The summed E-state index contributed by atoms with van der Waals surface area (Å²) >= 11 is 0. The molecule has 1 fully saturated rings. The van der Waals surface area contributed by atoms with Gasteiger partial charge in [0.25, 0.3) is 0 Å². The fraction of sp³-hybridized carbons (Fsp3) is 0.429. The maximum Gasteiger partial charge on any atom is 0.181 e. The Kier molecular flexibility index (Phi) is 6.48. The minimum absolute atomic E-state index is 0.906. The van der Waals surface area contributed by atoms with Crippen LogP contribution < -0.4 is 5.32 Å². The molecule has 0 amide bonds. The molecule has 0 aromatic heterocycles. The van der Waals surface area contributed by atoms with Crippen LogP contribution in [0.2, 0.25) is 0 Å². The average Bonchev–Trinajstić information content (AvgIpc) is 2.41. The van der Waals surface area contributed by atoms with E-state index in [1.165, 1.54) is 50.1 Å². The predicted molar refractivity (Wildman–Crippen MR) is 67.0 cm³/mol. The van der Waals surface area contributed by atoms with E-state index in [2.05, 4.69) is 35.6 Å². The van der Waals surface area contributed by atoms with Gasteiger partial charge in [-0.1, -0.05) is 30.3 Å². The molecule has 0 atom stereocenters. The van der Waals surface area contributed by atoms with Gasteiger partial charge in [0, 0.05) is 0 Å². The third kappa shape index (κ3) is 5.70. The Balaban J connectivity index is 0.000000317. The third-order valence-electron chi connectivity index (χ3n) is 2.88. The molecule has 1 aliphatic rings. The van der Waals surface area contributed by atoms with Gasteiger partial charge in [0.2, 0.25) is 0 Å². The first-order valence-corrected chi connectivity index (χ1v) is 5.89. The molecule has 1 aromatic rings. The molecule has 1 N–H and O–H groups in total. The fourth-order valence-electron chi connectivity index (χ4n) is 2.03. The molecule has 3 nitrogen and oxygen atoms in total. The zero-order valence-electron chi connectivity index (χ0n) is 9.89. The van der Waals surface area contributed by atoms with Crippen LogP contribution in [-0.4, -0.2) is 13.1 Å². The number of rotatable bonds is 2. The summed E-state index contributed by atoms with van der Waals surface area (Å²) in [6, 6.07) is 13.3. The molecule has 0 saturated carbocycles. The van der Waals surface area contributed by atoms with Crippen LogP contribution in [0.3, 0.4) is 0 Å². The molecule has 88 valence electrons. The van der Waals surface area contributed by atoms with Crippen LogP contribution in [0.25, 0.3) is 0 Å². The van der Waals surface area contributed by atoms with Crippen molar-refractivity contribution < 1.29 is 0 Å². The average molecular weight is 227 g/mol. The van der Waals surface area contributed by atoms with E-state index in [4.69, 9.17) is 10.5 Å². The highest BCUT2D eigenvalue weighted by atomic mass is 14.9. The van der Waals surface area contributed by atoms with Crippen molar-refractivity contribution in [2.24, 2.45) is 5.92 Å². The summed E-state index contributed by atoms with van der Waals surface area (Å²) < 4.78 is 0. The van der Waals surface area contributed by atoms with Gasteiger partial charge in [-0.3, -0.25) is 0 Å². The number of nitriles is 2. The Bertz CT molecular complexity index is 368. The highest BCUT2D eigenvalue weighted by molar-refractivity contribution is 5.15. The third-order valence-corrected chi connectivity index (χ3v) is 2.88. The SMILES string of the molecule is N#CC#N.c1ccc(CC2CCNCC2)cc1. The topological polar surface area (TPSA) is 59.6 Å². The molecule has 0 aliphatic carbocycles. The molecule has 0 bridgehead atoms. The lowest BCUT2D eigenvalue weighted by molar-refractivity contribution is 0.372. The van der Waals surface area contributed by atoms with Crippen LogP contribution in [0.1, 0.15) is 18.4 Å².